The number of nitrogens with zero attached hydrogens (tertiary/aromatic N) is 6. The van der Waals surface area contributed by atoms with Crippen molar-refractivity contribution in [3.05, 3.63) is 42.4 Å². The minimum absolute atomic E-state index is 0.359. The third-order valence-corrected chi connectivity index (χ3v) is 4.53. The van der Waals surface area contributed by atoms with E-state index in [9.17, 15) is 0 Å². The number of rotatable bonds is 4. The Kier molecular flexibility index (Phi) is 4.24. The molecule has 8 nitrogen and oxygen atoms in total. The van der Waals surface area contributed by atoms with Crippen molar-refractivity contribution in [1.29, 1.82) is 0 Å². The first-order chi connectivity index (χ1) is 12.3. The van der Waals surface area contributed by atoms with Crippen LogP contribution in [0.5, 0.6) is 5.75 Å². The predicted molar refractivity (Wildman–Crippen MR) is 92.4 cm³/mol. The standard InChI is InChI=1S/C17H19N7O/c1-25-14-4-2-12(3-5-14)16-18-9-6-15(19-16)24-10-7-13(8-11-24)17-20-22-23-21-17/h2-6,9,13H,7-8,10-11H2,1H3,(H,20,21,22,23). The van der Waals surface area contributed by atoms with E-state index in [1.807, 2.05) is 36.5 Å². The van der Waals surface area contributed by atoms with Crippen molar-refractivity contribution in [1.82, 2.24) is 30.6 Å². The van der Waals surface area contributed by atoms with Crippen LogP contribution in [-0.4, -0.2) is 50.8 Å². The number of tetrazole rings is 1. The molecule has 1 N–H and O–H groups in total. The number of aromatic amines is 1. The predicted octanol–water partition coefficient (Wildman–Crippen LogP) is 2.05. The van der Waals surface area contributed by atoms with Gasteiger partial charge in [-0.05, 0) is 43.2 Å². The van der Waals surface area contributed by atoms with Gasteiger partial charge in [0.1, 0.15) is 11.6 Å². The van der Waals surface area contributed by atoms with E-state index in [0.717, 1.165) is 54.7 Å². The lowest BCUT2D eigenvalue weighted by atomic mass is 9.96. The Morgan fingerprint density at radius 1 is 1.12 bits per heavy atom. The molecule has 0 bridgehead atoms. The van der Waals surface area contributed by atoms with Gasteiger partial charge in [0.2, 0.25) is 0 Å². The van der Waals surface area contributed by atoms with Gasteiger partial charge in [0.15, 0.2) is 11.6 Å². The van der Waals surface area contributed by atoms with Gasteiger partial charge in [0, 0.05) is 30.8 Å². The summed E-state index contributed by atoms with van der Waals surface area (Å²) in [5.74, 6) is 3.66. The van der Waals surface area contributed by atoms with E-state index in [0.29, 0.717) is 5.92 Å². The summed E-state index contributed by atoms with van der Waals surface area (Å²) in [5.41, 5.74) is 0.976. The minimum Gasteiger partial charge on any atom is -0.497 e. The van der Waals surface area contributed by atoms with E-state index in [1.54, 1.807) is 7.11 Å². The Bertz CT molecular complexity index is 811. The Balaban J connectivity index is 1.48. The zero-order chi connectivity index (χ0) is 17.1. The molecule has 0 saturated carbocycles. The number of nitrogens with one attached hydrogen (secondary N) is 1. The van der Waals surface area contributed by atoms with Gasteiger partial charge in [-0.2, -0.15) is 5.21 Å². The van der Waals surface area contributed by atoms with Crippen molar-refractivity contribution in [2.24, 2.45) is 0 Å². The zero-order valence-corrected chi connectivity index (χ0v) is 14.0. The van der Waals surface area contributed by atoms with Crippen molar-refractivity contribution < 1.29 is 4.74 Å². The smallest absolute Gasteiger partial charge is 0.177 e. The number of benzene rings is 1. The lowest BCUT2D eigenvalue weighted by molar-refractivity contribution is 0.415. The number of anilines is 1. The van der Waals surface area contributed by atoms with Crippen molar-refractivity contribution in [3.63, 3.8) is 0 Å². The monoisotopic (exact) mass is 337 g/mol. The maximum Gasteiger partial charge on any atom is 0.177 e. The lowest BCUT2D eigenvalue weighted by Gasteiger charge is -2.31. The molecule has 8 heteroatoms. The van der Waals surface area contributed by atoms with E-state index in [1.165, 1.54) is 0 Å². The Hall–Kier alpha value is -3.03. The van der Waals surface area contributed by atoms with Gasteiger partial charge in [0.25, 0.3) is 0 Å². The fourth-order valence-corrected chi connectivity index (χ4v) is 3.11. The van der Waals surface area contributed by atoms with Crippen LogP contribution < -0.4 is 9.64 Å². The highest BCUT2D eigenvalue weighted by atomic mass is 16.5. The lowest BCUT2D eigenvalue weighted by Crippen LogP contribution is -2.33. The van der Waals surface area contributed by atoms with Gasteiger partial charge in [0.05, 0.1) is 7.11 Å². The third kappa shape index (κ3) is 3.28. The largest absolute Gasteiger partial charge is 0.497 e. The van der Waals surface area contributed by atoms with E-state index < -0.39 is 0 Å². The van der Waals surface area contributed by atoms with E-state index in [-0.39, 0.29) is 0 Å². The number of methoxy groups -OCH3 is 1. The number of hydrogen-bond acceptors (Lipinski definition) is 7. The first-order valence-corrected chi connectivity index (χ1v) is 8.29. The molecule has 2 aromatic heterocycles. The van der Waals surface area contributed by atoms with Crippen LogP contribution in [0.1, 0.15) is 24.6 Å². The number of piperidine rings is 1. The highest BCUT2D eigenvalue weighted by Gasteiger charge is 2.24. The molecule has 1 saturated heterocycles. The van der Waals surface area contributed by atoms with Crippen molar-refractivity contribution in [2.75, 3.05) is 25.1 Å². The molecule has 25 heavy (non-hydrogen) atoms. The fraction of sp³-hybridized carbons (Fsp3) is 0.353. The molecule has 0 spiro atoms. The first-order valence-electron chi connectivity index (χ1n) is 8.29. The normalized spacial score (nSPS) is 15.3. The van der Waals surface area contributed by atoms with Gasteiger partial charge >= 0.3 is 0 Å². The first kappa shape index (κ1) is 15.5. The molecule has 0 amide bonds. The van der Waals surface area contributed by atoms with Crippen molar-refractivity contribution >= 4 is 5.82 Å². The van der Waals surface area contributed by atoms with Gasteiger partial charge in [-0.25, -0.2) is 9.97 Å². The molecule has 3 heterocycles. The molecule has 1 fully saturated rings. The van der Waals surface area contributed by atoms with Crippen LogP contribution in [0.4, 0.5) is 5.82 Å². The molecule has 1 aliphatic rings. The maximum atomic E-state index is 5.20. The van der Waals surface area contributed by atoms with Crippen LogP contribution in [0.15, 0.2) is 36.5 Å². The van der Waals surface area contributed by atoms with Crippen LogP contribution in [0, 0.1) is 0 Å². The average molecular weight is 337 g/mol. The Morgan fingerprint density at radius 2 is 1.92 bits per heavy atom. The van der Waals surface area contributed by atoms with Crippen LogP contribution >= 0.6 is 0 Å². The number of ether oxygens (including phenoxy) is 1. The summed E-state index contributed by atoms with van der Waals surface area (Å²) in [6.45, 7) is 1.83. The summed E-state index contributed by atoms with van der Waals surface area (Å²) in [4.78, 5) is 11.4. The molecule has 1 aliphatic heterocycles. The summed E-state index contributed by atoms with van der Waals surface area (Å²) < 4.78 is 5.20. The molecule has 128 valence electrons. The number of H-pyrrole nitrogens is 1. The van der Waals surface area contributed by atoms with Crippen LogP contribution in [0.25, 0.3) is 11.4 Å². The number of hydrogen-bond donors (Lipinski definition) is 1. The maximum absolute atomic E-state index is 5.20. The van der Waals surface area contributed by atoms with Gasteiger partial charge in [-0.15, -0.1) is 10.2 Å². The second-order valence-electron chi connectivity index (χ2n) is 6.00. The van der Waals surface area contributed by atoms with Crippen LogP contribution in [-0.2, 0) is 0 Å². The van der Waals surface area contributed by atoms with Crippen LogP contribution in [0.2, 0.25) is 0 Å². The Morgan fingerprint density at radius 3 is 2.60 bits per heavy atom. The summed E-state index contributed by atoms with van der Waals surface area (Å²) in [5, 5.41) is 14.4. The zero-order valence-electron chi connectivity index (χ0n) is 14.0. The van der Waals surface area contributed by atoms with Crippen molar-refractivity contribution in [2.45, 2.75) is 18.8 Å². The van der Waals surface area contributed by atoms with Crippen molar-refractivity contribution in [3.8, 4) is 17.1 Å². The summed E-state index contributed by atoms with van der Waals surface area (Å²) >= 11 is 0. The molecule has 4 rings (SSSR count). The molecule has 3 aromatic rings. The SMILES string of the molecule is COc1ccc(-c2nccc(N3CCC(c4nn[nH]n4)CC3)n2)cc1. The number of aromatic nitrogens is 6. The highest BCUT2D eigenvalue weighted by molar-refractivity contribution is 5.58. The van der Waals surface area contributed by atoms with Gasteiger partial charge in [-0.1, -0.05) is 5.21 Å². The summed E-state index contributed by atoms with van der Waals surface area (Å²) in [6, 6.07) is 9.74. The average Bonchev–Trinajstić information content (AvgIpc) is 3.23. The molecular weight excluding hydrogens is 318 g/mol. The quantitative estimate of drug-likeness (QED) is 0.779. The topological polar surface area (TPSA) is 92.7 Å². The van der Waals surface area contributed by atoms with Gasteiger partial charge < -0.3 is 9.64 Å². The molecular formula is C17H19N7O. The van der Waals surface area contributed by atoms with E-state index in [4.69, 9.17) is 9.72 Å². The summed E-state index contributed by atoms with van der Waals surface area (Å²) in [6.07, 6.45) is 3.79. The molecule has 0 radical (unpaired) electrons. The summed E-state index contributed by atoms with van der Waals surface area (Å²) in [7, 11) is 1.66. The second-order valence-corrected chi connectivity index (χ2v) is 6.00. The van der Waals surface area contributed by atoms with Crippen LogP contribution in [0.3, 0.4) is 0 Å². The highest BCUT2D eigenvalue weighted by Crippen LogP contribution is 2.28. The van der Waals surface area contributed by atoms with E-state index in [2.05, 4.69) is 30.5 Å². The van der Waals surface area contributed by atoms with Gasteiger partial charge in [-0.3, -0.25) is 0 Å². The minimum atomic E-state index is 0.359. The fourth-order valence-electron chi connectivity index (χ4n) is 3.11. The molecule has 0 aliphatic carbocycles. The third-order valence-electron chi connectivity index (χ3n) is 4.53. The molecule has 0 atom stereocenters. The second kappa shape index (κ2) is 6.84. The Labute approximate surface area is 145 Å². The molecule has 0 unspecified atom stereocenters. The van der Waals surface area contributed by atoms with E-state index >= 15 is 0 Å². The molecule has 1 aromatic carbocycles.